The van der Waals surface area contributed by atoms with Gasteiger partial charge in [-0.3, -0.25) is 4.79 Å². The van der Waals surface area contributed by atoms with E-state index >= 15 is 0 Å². The van der Waals surface area contributed by atoms with E-state index in [0.29, 0.717) is 24.5 Å². The molecule has 0 aromatic heterocycles. The van der Waals surface area contributed by atoms with E-state index in [4.69, 9.17) is 11.6 Å². The lowest BCUT2D eigenvalue weighted by atomic mass is 9.71. The van der Waals surface area contributed by atoms with Crippen molar-refractivity contribution in [2.24, 2.45) is 0 Å². The van der Waals surface area contributed by atoms with Gasteiger partial charge in [0, 0.05) is 25.2 Å². The lowest BCUT2D eigenvalue weighted by molar-refractivity contribution is -0.134. The molecule has 2 aromatic carbocycles. The average molecular weight is 454 g/mol. The maximum atomic E-state index is 13.2. The van der Waals surface area contributed by atoms with Gasteiger partial charge in [-0.05, 0) is 59.9 Å². The van der Waals surface area contributed by atoms with E-state index in [9.17, 15) is 9.59 Å². The maximum Gasteiger partial charge on any atom is 0.318 e. The molecule has 0 saturated carbocycles. The molecule has 1 aliphatic carbocycles. The molecule has 5 nitrogen and oxygen atoms in total. The Labute approximate surface area is 195 Å². The van der Waals surface area contributed by atoms with Crippen LogP contribution in [0.1, 0.15) is 62.3 Å². The third kappa shape index (κ3) is 4.63. The molecule has 0 spiro atoms. The van der Waals surface area contributed by atoms with Crippen LogP contribution in [0.5, 0.6) is 0 Å². The van der Waals surface area contributed by atoms with E-state index in [1.54, 1.807) is 16.8 Å². The zero-order valence-corrected chi connectivity index (χ0v) is 19.9. The van der Waals surface area contributed by atoms with Crippen LogP contribution < -0.4 is 5.32 Å². The van der Waals surface area contributed by atoms with E-state index in [1.165, 1.54) is 11.1 Å². The van der Waals surface area contributed by atoms with Crippen LogP contribution in [-0.2, 0) is 16.8 Å². The summed E-state index contributed by atoms with van der Waals surface area (Å²) in [5, 5.41) is 3.91. The Morgan fingerprint density at radius 3 is 2.59 bits per heavy atom. The van der Waals surface area contributed by atoms with Crippen molar-refractivity contribution in [3.05, 3.63) is 70.2 Å². The lowest BCUT2D eigenvalue weighted by Crippen LogP contribution is -2.50. The molecule has 2 aliphatic rings. The van der Waals surface area contributed by atoms with E-state index in [2.05, 4.69) is 37.4 Å². The molecule has 1 aliphatic heterocycles. The summed E-state index contributed by atoms with van der Waals surface area (Å²) in [5.41, 5.74) is 3.61. The summed E-state index contributed by atoms with van der Waals surface area (Å²) in [7, 11) is 1.80. The highest BCUT2D eigenvalue weighted by atomic mass is 35.5. The van der Waals surface area contributed by atoms with Gasteiger partial charge in [-0.2, -0.15) is 0 Å². The van der Waals surface area contributed by atoms with Gasteiger partial charge in [-0.25, -0.2) is 4.79 Å². The van der Waals surface area contributed by atoms with Gasteiger partial charge < -0.3 is 15.1 Å². The Morgan fingerprint density at radius 1 is 1.12 bits per heavy atom. The Hall–Kier alpha value is -2.53. The number of hydrogen-bond donors (Lipinski definition) is 1. The van der Waals surface area contributed by atoms with Gasteiger partial charge in [-0.15, -0.1) is 0 Å². The molecule has 6 heteroatoms. The van der Waals surface area contributed by atoms with Crippen molar-refractivity contribution in [3.63, 3.8) is 0 Å². The number of halogens is 1. The third-order valence-corrected chi connectivity index (χ3v) is 7.18. The first-order valence-corrected chi connectivity index (χ1v) is 11.8. The second kappa shape index (κ2) is 9.14. The second-order valence-corrected chi connectivity index (χ2v) is 10.1. The molecule has 1 heterocycles. The van der Waals surface area contributed by atoms with Crippen molar-refractivity contribution >= 4 is 23.5 Å². The van der Waals surface area contributed by atoms with E-state index < -0.39 is 6.04 Å². The van der Waals surface area contributed by atoms with Crippen molar-refractivity contribution in [3.8, 4) is 0 Å². The fourth-order valence-corrected chi connectivity index (χ4v) is 5.18. The van der Waals surface area contributed by atoms with Crippen LogP contribution in [0.2, 0.25) is 5.02 Å². The van der Waals surface area contributed by atoms with E-state index in [1.807, 2.05) is 30.3 Å². The Kier molecular flexibility index (Phi) is 6.47. The van der Waals surface area contributed by atoms with Gasteiger partial charge in [-0.1, -0.05) is 61.8 Å². The average Bonchev–Trinajstić information content (AvgIpc) is 3.27. The van der Waals surface area contributed by atoms with Gasteiger partial charge in [0.1, 0.15) is 6.04 Å². The first-order valence-electron chi connectivity index (χ1n) is 11.4. The minimum absolute atomic E-state index is 0.0159. The van der Waals surface area contributed by atoms with Crippen molar-refractivity contribution < 1.29 is 9.59 Å². The van der Waals surface area contributed by atoms with E-state index in [0.717, 1.165) is 24.8 Å². The number of carbonyl (C=O) groups excluding carboxylic acids is 2. The number of nitrogens with zero attached hydrogens (tertiary/aromatic N) is 2. The molecule has 1 fully saturated rings. The highest BCUT2D eigenvalue weighted by Gasteiger charge is 2.38. The molecular formula is C26H32ClN3O2. The number of fused-ring (bicyclic) bond motifs is 1. The van der Waals surface area contributed by atoms with Crippen LogP contribution in [0.3, 0.4) is 0 Å². The summed E-state index contributed by atoms with van der Waals surface area (Å²) >= 11 is 5.96. The molecule has 0 bridgehead atoms. The minimum atomic E-state index is -0.414. The van der Waals surface area contributed by atoms with E-state index in [-0.39, 0.29) is 23.4 Å². The molecule has 32 heavy (non-hydrogen) atoms. The summed E-state index contributed by atoms with van der Waals surface area (Å²) in [6, 6.07) is 15.3. The molecule has 4 rings (SSSR count). The molecule has 170 valence electrons. The van der Waals surface area contributed by atoms with Crippen LogP contribution in [0, 0.1) is 0 Å². The Morgan fingerprint density at radius 2 is 1.84 bits per heavy atom. The quantitative estimate of drug-likeness (QED) is 0.684. The Balaban J connectivity index is 1.43. The van der Waals surface area contributed by atoms with Gasteiger partial charge in [0.05, 0.1) is 6.04 Å². The number of hydrogen-bond acceptors (Lipinski definition) is 2. The highest BCUT2D eigenvalue weighted by molar-refractivity contribution is 6.30. The van der Waals surface area contributed by atoms with Crippen molar-refractivity contribution in [1.29, 1.82) is 0 Å². The first-order chi connectivity index (χ1) is 15.3. The van der Waals surface area contributed by atoms with Crippen LogP contribution in [0.25, 0.3) is 0 Å². The molecule has 2 unspecified atom stereocenters. The summed E-state index contributed by atoms with van der Waals surface area (Å²) in [5.74, 6) is -0.0159. The molecule has 3 amide bonds. The fraction of sp³-hybridized carbons (Fsp3) is 0.462. The van der Waals surface area contributed by atoms with Gasteiger partial charge in [0.2, 0.25) is 5.91 Å². The van der Waals surface area contributed by atoms with Crippen LogP contribution >= 0.6 is 11.6 Å². The van der Waals surface area contributed by atoms with Crippen LogP contribution in [0.4, 0.5) is 4.79 Å². The second-order valence-electron chi connectivity index (χ2n) is 9.68. The number of nitrogens with one attached hydrogen (secondary N) is 1. The predicted octanol–water partition coefficient (Wildman–Crippen LogP) is 5.29. The zero-order valence-electron chi connectivity index (χ0n) is 19.1. The summed E-state index contributed by atoms with van der Waals surface area (Å²) in [6.07, 6.45) is 3.46. The predicted molar refractivity (Wildman–Crippen MR) is 128 cm³/mol. The fourth-order valence-electron chi connectivity index (χ4n) is 5.06. The van der Waals surface area contributed by atoms with Crippen molar-refractivity contribution in [1.82, 2.24) is 15.1 Å². The Bertz CT molecular complexity index is 989. The number of likely N-dealkylation sites (N-methyl/N-ethyl adjacent to an activating group) is 1. The van der Waals surface area contributed by atoms with Gasteiger partial charge in [0.15, 0.2) is 0 Å². The molecular weight excluding hydrogens is 422 g/mol. The van der Waals surface area contributed by atoms with Gasteiger partial charge >= 0.3 is 6.03 Å². The molecule has 2 atom stereocenters. The monoisotopic (exact) mass is 453 g/mol. The summed E-state index contributed by atoms with van der Waals surface area (Å²) < 4.78 is 0. The lowest BCUT2D eigenvalue weighted by Gasteiger charge is -2.38. The standard InChI is InChI=1S/C26H32ClN3O2/c1-26(2)15-14-22(20-7-4-5-8-21(20)26)28-25(32)30-16-6-9-23(30)24(31)29(3)17-18-10-12-19(27)13-11-18/h4-5,7-8,10-13,22-23H,6,9,14-17H2,1-3H3,(H,28,32). The first kappa shape index (κ1) is 22.7. The number of likely N-dealkylation sites (tertiary alicyclic amines) is 1. The topological polar surface area (TPSA) is 52.7 Å². The SMILES string of the molecule is CN(Cc1ccc(Cl)cc1)C(=O)C1CCCN1C(=O)NC1CCC(C)(C)c2ccccc21. The molecule has 2 aromatic rings. The minimum Gasteiger partial charge on any atom is -0.340 e. The number of amides is 3. The molecule has 1 saturated heterocycles. The van der Waals surface area contributed by atoms with Crippen LogP contribution in [0.15, 0.2) is 48.5 Å². The maximum absolute atomic E-state index is 13.2. The summed E-state index contributed by atoms with van der Waals surface area (Å²) in [6.45, 7) is 5.62. The third-order valence-electron chi connectivity index (χ3n) is 6.93. The van der Waals surface area contributed by atoms with Gasteiger partial charge in [0.25, 0.3) is 0 Å². The van der Waals surface area contributed by atoms with Crippen LogP contribution in [-0.4, -0.2) is 41.4 Å². The highest BCUT2D eigenvalue weighted by Crippen LogP contribution is 2.41. The summed E-state index contributed by atoms with van der Waals surface area (Å²) in [4.78, 5) is 29.9. The molecule has 1 N–H and O–H groups in total. The zero-order chi connectivity index (χ0) is 22.9. The molecule has 0 radical (unpaired) electrons. The normalized spacial score (nSPS) is 21.7. The number of urea groups is 1. The smallest absolute Gasteiger partial charge is 0.318 e. The van der Waals surface area contributed by atoms with Crippen molar-refractivity contribution in [2.75, 3.05) is 13.6 Å². The number of rotatable bonds is 4. The number of carbonyl (C=O) groups is 2. The van der Waals surface area contributed by atoms with Crippen molar-refractivity contribution in [2.45, 2.75) is 63.6 Å². The largest absolute Gasteiger partial charge is 0.340 e. The number of benzene rings is 2.